The molecule has 3 N–H and O–H groups in total. The lowest BCUT2D eigenvalue weighted by atomic mass is 10.1. The Morgan fingerprint density at radius 2 is 1.71 bits per heavy atom. The Morgan fingerprint density at radius 1 is 0.964 bits per heavy atom. The standard InChI is InChI=1S/C21H22N4O2S/c1-13-7-9-16(10-8-13)12-22-19(26)18-15(3)23-21(28-18)25-20(27)24-17-6-4-5-14(2)11-17/h4-11H,12H2,1-3H3,(H,22,26)(H2,23,24,25,27). The highest BCUT2D eigenvalue weighted by Gasteiger charge is 2.16. The number of rotatable bonds is 5. The number of hydrogen-bond donors (Lipinski definition) is 3. The monoisotopic (exact) mass is 394 g/mol. The van der Waals surface area contributed by atoms with Gasteiger partial charge in [-0.1, -0.05) is 53.3 Å². The van der Waals surface area contributed by atoms with E-state index in [9.17, 15) is 9.59 Å². The number of nitrogens with zero attached hydrogens (tertiary/aromatic N) is 1. The van der Waals surface area contributed by atoms with Crippen LogP contribution < -0.4 is 16.0 Å². The van der Waals surface area contributed by atoms with E-state index < -0.39 is 6.03 Å². The lowest BCUT2D eigenvalue weighted by Crippen LogP contribution is -2.22. The Kier molecular flexibility index (Phi) is 6.06. The first kappa shape index (κ1) is 19.6. The number of carbonyl (C=O) groups excluding carboxylic acids is 2. The van der Waals surface area contributed by atoms with Crippen molar-refractivity contribution in [3.05, 3.63) is 75.8 Å². The Hall–Kier alpha value is -3.19. The molecule has 0 aliphatic heterocycles. The number of amides is 3. The van der Waals surface area contributed by atoms with Crippen LogP contribution in [0.5, 0.6) is 0 Å². The molecule has 0 bridgehead atoms. The molecule has 7 heteroatoms. The lowest BCUT2D eigenvalue weighted by Gasteiger charge is -2.06. The largest absolute Gasteiger partial charge is 0.347 e. The van der Waals surface area contributed by atoms with Gasteiger partial charge < -0.3 is 10.6 Å². The van der Waals surface area contributed by atoms with E-state index >= 15 is 0 Å². The molecule has 3 amide bonds. The smallest absolute Gasteiger partial charge is 0.325 e. The highest BCUT2D eigenvalue weighted by molar-refractivity contribution is 7.17. The van der Waals surface area contributed by atoms with Crippen LogP contribution in [-0.4, -0.2) is 16.9 Å². The molecular weight excluding hydrogens is 372 g/mol. The lowest BCUT2D eigenvalue weighted by molar-refractivity contribution is 0.0954. The van der Waals surface area contributed by atoms with Gasteiger partial charge in [0.25, 0.3) is 5.91 Å². The number of aromatic nitrogens is 1. The van der Waals surface area contributed by atoms with Crippen LogP contribution in [0.15, 0.2) is 48.5 Å². The molecule has 1 heterocycles. The number of urea groups is 1. The molecule has 0 spiro atoms. The van der Waals surface area contributed by atoms with Gasteiger partial charge in [-0.2, -0.15) is 0 Å². The average Bonchev–Trinajstić information content (AvgIpc) is 3.01. The molecule has 0 atom stereocenters. The minimum Gasteiger partial charge on any atom is -0.347 e. The van der Waals surface area contributed by atoms with Crippen LogP contribution in [0.2, 0.25) is 0 Å². The number of nitrogens with one attached hydrogen (secondary N) is 3. The first-order valence-electron chi connectivity index (χ1n) is 8.86. The van der Waals surface area contributed by atoms with Crippen molar-refractivity contribution in [2.75, 3.05) is 10.6 Å². The third kappa shape index (κ3) is 5.17. The molecule has 144 valence electrons. The highest BCUT2D eigenvalue weighted by Crippen LogP contribution is 2.23. The number of benzene rings is 2. The zero-order valence-electron chi connectivity index (χ0n) is 16.0. The molecular formula is C21H22N4O2S. The molecule has 1 aromatic heterocycles. The van der Waals surface area contributed by atoms with Crippen LogP contribution in [-0.2, 0) is 6.54 Å². The van der Waals surface area contributed by atoms with Crippen LogP contribution in [0.4, 0.5) is 15.6 Å². The average molecular weight is 395 g/mol. The molecule has 28 heavy (non-hydrogen) atoms. The summed E-state index contributed by atoms with van der Waals surface area (Å²) in [6.07, 6.45) is 0. The zero-order chi connectivity index (χ0) is 20.1. The van der Waals surface area contributed by atoms with Gasteiger partial charge in [0.1, 0.15) is 4.88 Å². The fourth-order valence-electron chi connectivity index (χ4n) is 2.61. The van der Waals surface area contributed by atoms with Gasteiger partial charge in [0, 0.05) is 12.2 Å². The number of hydrogen-bond acceptors (Lipinski definition) is 4. The molecule has 0 radical (unpaired) electrons. The second-order valence-corrected chi connectivity index (χ2v) is 7.55. The van der Waals surface area contributed by atoms with E-state index in [-0.39, 0.29) is 5.91 Å². The fraction of sp³-hybridized carbons (Fsp3) is 0.190. The number of carbonyl (C=O) groups is 2. The second-order valence-electron chi connectivity index (χ2n) is 6.55. The zero-order valence-corrected chi connectivity index (χ0v) is 16.8. The van der Waals surface area contributed by atoms with Crippen molar-refractivity contribution in [1.82, 2.24) is 10.3 Å². The summed E-state index contributed by atoms with van der Waals surface area (Å²) < 4.78 is 0. The number of thiazole rings is 1. The summed E-state index contributed by atoms with van der Waals surface area (Å²) in [5.41, 5.74) is 4.53. The van der Waals surface area contributed by atoms with E-state index in [4.69, 9.17) is 0 Å². The topological polar surface area (TPSA) is 83.1 Å². The first-order chi connectivity index (χ1) is 13.4. The third-order valence-corrected chi connectivity index (χ3v) is 5.14. The van der Waals surface area contributed by atoms with E-state index in [1.807, 2.05) is 62.4 Å². The summed E-state index contributed by atoms with van der Waals surface area (Å²) in [4.78, 5) is 29.4. The van der Waals surface area contributed by atoms with Crippen molar-refractivity contribution in [2.24, 2.45) is 0 Å². The Balaban J connectivity index is 1.59. The van der Waals surface area contributed by atoms with Gasteiger partial charge in [-0.05, 0) is 44.0 Å². The molecule has 3 rings (SSSR count). The molecule has 0 saturated carbocycles. The maximum absolute atomic E-state index is 12.5. The summed E-state index contributed by atoms with van der Waals surface area (Å²) in [7, 11) is 0. The fourth-order valence-corrected chi connectivity index (χ4v) is 3.49. The van der Waals surface area contributed by atoms with Crippen molar-refractivity contribution in [1.29, 1.82) is 0 Å². The van der Waals surface area contributed by atoms with Gasteiger partial charge in [0.05, 0.1) is 5.69 Å². The quantitative estimate of drug-likeness (QED) is 0.589. The molecule has 0 saturated heterocycles. The Morgan fingerprint density at radius 3 is 2.43 bits per heavy atom. The van der Waals surface area contributed by atoms with Gasteiger partial charge in [-0.15, -0.1) is 0 Å². The molecule has 2 aromatic carbocycles. The van der Waals surface area contributed by atoms with Gasteiger partial charge in [-0.25, -0.2) is 9.78 Å². The van der Waals surface area contributed by atoms with Crippen LogP contribution in [0.1, 0.15) is 32.1 Å². The highest BCUT2D eigenvalue weighted by atomic mass is 32.1. The molecule has 6 nitrogen and oxygen atoms in total. The molecule has 3 aromatic rings. The summed E-state index contributed by atoms with van der Waals surface area (Å²) in [5, 5.41) is 8.71. The van der Waals surface area contributed by atoms with E-state index in [1.54, 1.807) is 6.92 Å². The van der Waals surface area contributed by atoms with E-state index in [1.165, 1.54) is 5.56 Å². The maximum atomic E-state index is 12.5. The minimum atomic E-state index is -0.397. The molecule has 0 fully saturated rings. The summed E-state index contributed by atoms with van der Waals surface area (Å²) in [6, 6.07) is 15.1. The summed E-state index contributed by atoms with van der Waals surface area (Å²) in [6.45, 7) is 6.16. The first-order valence-corrected chi connectivity index (χ1v) is 9.68. The molecule has 0 aliphatic rings. The summed E-state index contributed by atoms with van der Waals surface area (Å²) >= 11 is 1.15. The van der Waals surface area contributed by atoms with Gasteiger partial charge in [0.2, 0.25) is 0 Å². The molecule has 0 unspecified atom stereocenters. The Bertz CT molecular complexity index is 996. The third-order valence-electron chi connectivity index (χ3n) is 4.07. The predicted molar refractivity (Wildman–Crippen MR) is 113 cm³/mol. The van der Waals surface area contributed by atoms with E-state index in [2.05, 4.69) is 20.9 Å². The SMILES string of the molecule is Cc1ccc(CNC(=O)c2sc(NC(=O)Nc3cccc(C)c3)nc2C)cc1. The van der Waals surface area contributed by atoms with Crippen molar-refractivity contribution in [3.63, 3.8) is 0 Å². The van der Waals surface area contributed by atoms with Gasteiger partial charge in [0.15, 0.2) is 5.13 Å². The van der Waals surface area contributed by atoms with Gasteiger partial charge >= 0.3 is 6.03 Å². The predicted octanol–water partition coefficient (Wildman–Crippen LogP) is 4.64. The molecule has 0 aliphatic carbocycles. The van der Waals surface area contributed by atoms with Crippen molar-refractivity contribution >= 4 is 34.1 Å². The number of anilines is 2. The van der Waals surface area contributed by atoms with E-state index in [0.717, 1.165) is 22.5 Å². The van der Waals surface area contributed by atoms with Crippen molar-refractivity contribution in [3.8, 4) is 0 Å². The maximum Gasteiger partial charge on any atom is 0.325 e. The second kappa shape index (κ2) is 8.67. The van der Waals surface area contributed by atoms with E-state index in [0.29, 0.717) is 27.9 Å². The Labute approximate surface area is 168 Å². The minimum absolute atomic E-state index is 0.206. The normalized spacial score (nSPS) is 10.4. The van der Waals surface area contributed by atoms with Crippen LogP contribution in [0, 0.1) is 20.8 Å². The van der Waals surface area contributed by atoms with Crippen molar-refractivity contribution in [2.45, 2.75) is 27.3 Å². The van der Waals surface area contributed by atoms with Crippen LogP contribution in [0.3, 0.4) is 0 Å². The van der Waals surface area contributed by atoms with Crippen LogP contribution >= 0.6 is 11.3 Å². The summed E-state index contributed by atoms with van der Waals surface area (Å²) in [5.74, 6) is -0.206. The van der Waals surface area contributed by atoms with Crippen molar-refractivity contribution < 1.29 is 9.59 Å². The van der Waals surface area contributed by atoms with Gasteiger partial charge in [-0.3, -0.25) is 10.1 Å². The van der Waals surface area contributed by atoms with Crippen LogP contribution in [0.25, 0.3) is 0 Å². The number of aryl methyl sites for hydroxylation is 3.